The Morgan fingerprint density at radius 3 is 2.52 bits per heavy atom. The summed E-state index contributed by atoms with van der Waals surface area (Å²) in [5.41, 5.74) is 1.15. The fourth-order valence-electron chi connectivity index (χ4n) is 1.61. The SMILES string of the molecule is CC(CCl)C(=O)Nc1cccc(NC(=O)c2ccco2)c1. The van der Waals surface area contributed by atoms with Crippen LogP contribution in [0.25, 0.3) is 0 Å². The van der Waals surface area contributed by atoms with Crippen molar-refractivity contribution in [3.05, 3.63) is 48.4 Å². The van der Waals surface area contributed by atoms with Gasteiger partial charge in [0.2, 0.25) is 5.91 Å². The van der Waals surface area contributed by atoms with Crippen LogP contribution in [0, 0.1) is 5.92 Å². The molecular formula is C15H15ClN2O3. The first kappa shape index (κ1) is 15.1. The van der Waals surface area contributed by atoms with E-state index < -0.39 is 0 Å². The predicted molar refractivity (Wildman–Crippen MR) is 81.6 cm³/mol. The molecule has 1 unspecified atom stereocenters. The Morgan fingerprint density at radius 2 is 1.90 bits per heavy atom. The summed E-state index contributed by atoms with van der Waals surface area (Å²) in [5, 5.41) is 5.43. The zero-order valence-electron chi connectivity index (χ0n) is 11.4. The van der Waals surface area contributed by atoms with E-state index in [2.05, 4.69) is 10.6 Å². The number of hydrogen-bond donors (Lipinski definition) is 2. The molecule has 1 atom stereocenters. The first-order chi connectivity index (χ1) is 10.1. The number of rotatable bonds is 5. The Bertz CT molecular complexity index is 626. The molecule has 0 aliphatic carbocycles. The number of carbonyl (C=O) groups excluding carboxylic acids is 2. The van der Waals surface area contributed by atoms with Gasteiger partial charge in [0.05, 0.1) is 6.26 Å². The molecule has 0 saturated heterocycles. The van der Waals surface area contributed by atoms with Gasteiger partial charge in [0.25, 0.3) is 5.91 Å². The maximum atomic E-state index is 11.9. The van der Waals surface area contributed by atoms with E-state index in [4.69, 9.17) is 16.0 Å². The lowest BCUT2D eigenvalue weighted by atomic mass is 10.2. The second kappa shape index (κ2) is 6.95. The molecule has 21 heavy (non-hydrogen) atoms. The minimum absolute atomic E-state index is 0.167. The highest BCUT2D eigenvalue weighted by Crippen LogP contribution is 2.17. The summed E-state index contributed by atoms with van der Waals surface area (Å²) in [7, 11) is 0. The van der Waals surface area contributed by atoms with Crippen LogP contribution in [0.15, 0.2) is 47.1 Å². The van der Waals surface area contributed by atoms with Crippen LogP contribution in [0.2, 0.25) is 0 Å². The summed E-state index contributed by atoms with van der Waals surface area (Å²) in [5.74, 6) is -0.328. The third-order valence-corrected chi connectivity index (χ3v) is 3.27. The average molecular weight is 307 g/mol. The molecule has 0 fully saturated rings. The maximum absolute atomic E-state index is 11.9. The Balaban J connectivity index is 2.04. The zero-order chi connectivity index (χ0) is 15.2. The fourth-order valence-corrected chi connectivity index (χ4v) is 1.75. The number of benzene rings is 1. The molecule has 2 amide bonds. The molecule has 6 heteroatoms. The number of anilines is 2. The first-order valence-corrected chi connectivity index (χ1v) is 6.95. The Morgan fingerprint density at radius 1 is 1.19 bits per heavy atom. The van der Waals surface area contributed by atoms with Crippen LogP contribution in [0.1, 0.15) is 17.5 Å². The van der Waals surface area contributed by atoms with E-state index in [0.717, 1.165) is 0 Å². The summed E-state index contributed by atoms with van der Waals surface area (Å²) in [6.07, 6.45) is 1.43. The van der Waals surface area contributed by atoms with Crippen molar-refractivity contribution >= 4 is 34.8 Å². The molecular weight excluding hydrogens is 292 g/mol. The maximum Gasteiger partial charge on any atom is 0.291 e. The summed E-state index contributed by atoms with van der Waals surface area (Å²) in [6.45, 7) is 1.74. The second-order valence-electron chi connectivity index (χ2n) is 4.56. The molecule has 0 radical (unpaired) electrons. The van der Waals surface area contributed by atoms with Gasteiger partial charge in [0.15, 0.2) is 5.76 Å². The minimum atomic E-state index is -0.349. The topological polar surface area (TPSA) is 71.3 Å². The highest BCUT2D eigenvalue weighted by Gasteiger charge is 2.12. The van der Waals surface area contributed by atoms with Gasteiger partial charge in [-0.05, 0) is 30.3 Å². The van der Waals surface area contributed by atoms with E-state index in [-0.39, 0.29) is 29.4 Å². The molecule has 1 aromatic heterocycles. The lowest BCUT2D eigenvalue weighted by Gasteiger charge is -2.10. The van der Waals surface area contributed by atoms with E-state index >= 15 is 0 Å². The van der Waals surface area contributed by atoms with Crippen LogP contribution < -0.4 is 10.6 Å². The van der Waals surface area contributed by atoms with Crippen molar-refractivity contribution in [2.75, 3.05) is 16.5 Å². The third-order valence-electron chi connectivity index (χ3n) is 2.81. The van der Waals surface area contributed by atoms with Gasteiger partial charge < -0.3 is 15.1 Å². The van der Waals surface area contributed by atoms with Crippen LogP contribution in [0.3, 0.4) is 0 Å². The van der Waals surface area contributed by atoms with Crippen LogP contribution in [0.5, 0.6) is 0 Å². The lowest BCUT2D eigenvalue weighted by molar-refractivity contribution is -0.118. The van der Waals surface area contributed by atoms with Crippen molar-refractivity contribution in [1.82, 2.24) is 0 Å². The molecule has 2 aromatic rings. The molecule has 1 aromatic carbocycles. The highest BCUT2D eigenvalue weighted by atomic mass is 35.5. The number of furan rings is 1. The summed E-state index contributed by atoms with van der Waals surface area (Å²) < 4.78 is 5.01. The average Bonchev–Trinajstić information content (AvgIpc) is 3.01. The van der Waals surface area contributed by atoms with Gasteiger partial charge in [-0.3, -0.25) is 9.59 Å². The van der Waals surface area contributed by atoms with Crippen LogP contribution in [-0.4, -0.2) is 17.7 Å². The van der Waals surface area contributed by atoms with Crippen molar-refractivity contribution in [1.29, 1.82) is 0 Å². The van der Waals surface area contributed by atoms with Crippen molar-refractivity contribution in [3.63, 3.8) is 0 Å². The molecule has 0 aliphatic heterocycles. The van der Waals surface area contributed by atoms with Gasteiger partial charge >= 0.3 is 0 Å². The van der Waals surface area contributed by atoms with Gasteiger partial charge in [-0.25, -0.2) is 0 Å². The Kier molecular flexibility index (Phi) is 5.00. The van der Waals surface area contributed by atoms with E-state index in [1.165, 1.54) is 6.26 Å². The highest BCUT2D eigenvalue weighted by molar-refractivity contribution is 6.19. The summed E-state index contributed by atoms with van der Waals surface area (Å²) in [4.78, 5) is 23.6. The van der Waals surface area contributed by atoms with E-state index in [9.17, 15) is 9.59 Å². The van der Waals surface area contributed by atoms with Gasteiger partial charge in [-0.15, -0.1) is 11.6 Å². The van der Waals surface area contributed by atoms with Crippen LogP contribution in [0.4, 0.5) is 11.4 Å². The molecule has 0 spiro atoms. The smallest absolute Gasteiger partial charge is 0.291 e. The third kappa shape index (κ3) is 4.10. The van der Waals surface area contributed by atoms with Gasteiger partial charge in [-0.1, -0.05) is 13.0 Å². The molecule has 0 aliphatic rings. The van der Waals surface area contributed by atoms with Crippen LogP contribution >= 0.6 is 11.6 Å². The van der Waals surface area contributed by atoms with Gasteiger partial charge in [0, 0.05) is 23.2 Å². The summed E-state index contributed by atoms with van der Waals surface area (Å²) in [6, 6.07) is 10.1. The van der Waals surface area contributed by atoms with Gasteiger partial charge in [0.1, 0.15) is 0 Å². The van der Waals surface area contributed by atoms with Crippen molar-refractivity contribution in [2.45, 2.75) is 6.92 Å². The largest absolute Gasteiger partial charge is 0.459 e. The quantitative estimate of drug-likeness (QED) is 0.832. The zero-order valence-corrected chi connectivity index (χ0v) is 12.2. The molecule has 0 bridgehead atoms. The molecule has 0 saturated carbocycles. The number of hydrogen-bond acceptors (Lipinski definition) is 3. The van der Waals surface area contributed by atoms with Crippen molar-refractivity contribution in [2.24, 2.45) is 5.92 Å². The number of nitrogens with one attached hydrogen (secondary N) is 2. The van der Waals surface area contributed by atoms with E-state index in [0.29, 0.717) is 11.4 Å². The molecule has 2 rings (SSSR count). The minimum Gasteiger partial charge on any atom is -0.459 e. The number of carbonyl (C=O) groups is 2. The standard InChI is InChI=1S/C15H15ClN2O3/c1-10(9-16)14(19)17-11-4-2-5-12(8-11)18-15(20)13-6-3-7-21-13/h2-8,10H,9H2,1H3,(H,17,19)(H,18,20). The summed E-state index contributed by atoms with van der Waals surface area (Å²) >= 11 is 5.64. The van der Waals surface area contributed by atoms with Gasteiger partial charge in [-0.2, -0.15) is 0 Å². The van der Waals surface area contributed by atoms with Crippen molar-refractivity contribution < 1.29 is 14.0 Å². The molecule has 110 valence electrons. The number of halogens is 1. The lowest BCUT2D eigenvalue weighted by Crippen LogP contribution is -2.21. The molecule has 5 nitrogen and oxygen atoms in total. The fraction of sp³-hybridized carbons (Fsp3) is 0.200. The van der Waals surface area contributed by atoms with E-state index in [1.807, 2.05) is 0 Å². The molecule has 1 heterocycles. The monoisotopic (exact) mass is 306 g/mol. The molecule has 2 N–H and O–H groups in total. The van der Waals surface area contributed by atoms with Crippen LogP contribution in [-0.2, 0) is 4.79 Å². The normalized spacial score (nSPS) is 11.7. The van der Waals surface area contributed by atoms with E-state index in [1.54, 1.807) is 43.3 Å². The first-order valence-electron chi connectivity index (χ1n) is 6.42. The predicted octanol–water partition coefficient (Wildman–Crippen LogP) is 3.35. The Hall–Kier alpha value is -2.27. The number of alkyl halides is 1. The number of amides is 2. The Labute approximate surface area is 127 Å². The second-order valence-corrected chi connectivity index (χ2v) is 4.87. The van der Waals surface area contributed by atoms with Crippen molar-refractivity contribution in [3.8, 4) is 0 Å².